The van der Waals surface area contributed by atoms with Crippen LogP contribution in [0.5, 0.6) is 0 Å². The second-order valence-corrected chi connectivity index (χ2v) is 5.64. The molecule has 2 heterocycles. The molecule has 0 spiro atoms. The summed E-state index contributed by atoms with van der Waals surface area (Å²) >= 11 is 5.89. The van der Waals surface area contributed by atoms with Crippen molar-refractivity contribution in [3.05, 3.63) is 53.4 Å². The third-order valence-electron chi connectivity index (χ3n) is 3.33. The molecule has 2 aromatic heterocycles. The highest BCUT2D eigenvalue weighted by Crippen LogP contribution is 2.30. The first-order valence-corrected chi connectivity index (χ1v) is 7.76. The van der Waals surface area contributed by atoms with E-state index in [-0.39, 0.29) is 13.2 Å². The van der Waals surface area contributed by atoms with Crippen molar-refractivity contribution in [2.75, 3.05) is 5.73 Å². The van der Waals surface area contributed by atoms with Gasteiger partial charge in [0.15, 0.2) is 0 Å². The van der Waals surface area contributed by atoms with E-state index in [1.54, 1.807) is 24.7 Å². The Morgan fingerprint density at radius 2 is 1.86 bits per heavy atom. The van der Waals surface area contributed by atoms with Crippen LogP contribution in [0.1, 0.15) is 13.0 Å². The molecule has 0 radical (unpaired) electrons. The van der Waals surface area contributed by atoms with E-state index in [0.29, 0.717) is 21.8 Å². The molecule has 0 aliphatic rings. The van der Waals surface area contributed by atoms with Gasteiger partial charge in [-0.25, -0.2) is 14.8 Å². The van der Waals surface area contributed by atoms with E-state index in [0.717, 1.165) is 11.3 Å². The van der Waals surface area contributed by atoms with E-state index in [1.807, 2.05) is 18.2 Å². The van der Waals surface area contributed by atoms with Gasteiger partial charge in [0.25, 0.3) is 0 Å². The SMILES string of the molecule is C.N#Cc1c(-c2cnc[nH]2)cc(-c2ccc(Cl)cc2)nc1N.O=C(O)C(F)(F)F. The van der Waals surface area contributed by atoms with Crippen molar-refractivity contribution in [3.8, 4) is 28.6 Å². The molecule has 3 rings (SSSR count). The smallest absolute Gasteiger partial charge is 0.475 e. The maximum absolute atomic E-state index is 10.6. The van der Waals surface area contributed by atoms with Crippen LogP contribution in [0.25, 0.3) is 22.5 Å². The zero-order chi connectivity index (χ0) is 20.9. The van der Waals surface area contributed by atoms with Crippen LogP contribution in [0.2, 0.25) is 5.02 Å². The summed E-state index contributed by atoms with van der Waals surface area (Å²) < 4.78 is 31.7. The Morgan fingerprint density at radius 3 is 2.31 bits per heavy atom. The number of carboxylic acids is 1. The molecule has 0 aliphatic heterocycles. The molecule has 1 aromatic carbocycles. The molecular weight excluding hydrogens is 411 g/mol. The number of hydrogen-bond acceptors (Lipinski definition) is 5. The van der Waals surface area contributed by atoms with E-state index in [2.05, 4.69) is 21.0 Å². The summed E-state index contributed by atoms with van der Waals surface area (Å²) in [5.74, 6) is -2.57. The largest absolute Gasteiger partial charge is 0.490 e. The highest BCUT2D eigenvalue weighted by molar-refractivity contribution is 6.30. The number of hydrogen-bond donors (Lipinski definition) is 3. The first-order chi connectivity index (χ1) is 13.1. The lowest BCUT2D eigenvalue weighted by molar-refractivity contribution is -0.192. The zero-order valence-corrected chi connectivity index (χ0v) is 14.6. The standard InChI is InChI=1S/C15H10ClN5.C2HF3O2.CH4/c16-10-3-1-9(2-4-10)13-5-11(14-7-19-8-20-14)12(6-17)15(18)21-13;3-2(4,5)1(6)7;/h1-5,7-8H,(H2,18,21)(H,19,20);(H,6,7);1H4. The molecule has 0 bridgehead atoms. The fraction of sp³-hybridized carbons (Fsp3) is 0.111. The highest BCUT2D eigenvalue weighted by Gasteiger charge is 2.38. The average molecular weight is 426 g/mol. The number of pyridine rings is 1. The van der Waals surface area contributed by atoms with Gasteiger partial charge in [0, 0.05) is 16.1 Å². The Kier molecular flexibility index (Phi) is 7.74. The molecule has 29 heavy (non-hydrogen) atoms. The maximum Gasteiger partial charge on any atom is 0.490 e. The third kappa shape index (κ3) is 5.95. The number of nitrogen functional groups attached to an aromatic ring is 1. The molecule has 0 atom stereocenters. The number of aliphatic carboxylic acids is 1. The first-order valence-electron chi connectivity index (χ1n) is 7.39. The van der Waals surface area contributed by atoms with Gasteiger partial charge in [0.1, 0.15) is 17.5 Å². The topological polar surface area (TPSA) is 129 Å². The molecule has 0 saturated heterocycles. The quantitative estimate of drug-likeness (QED) is 0.553. The number of alkyl halides is 3. The van der Waals surface area contributed by atoms with Gasteiger partial charge in [-0.1, -0.05) is 31.2 Å². The van der Waals surface area contributed by atoms with Crippen LogP contribution in [0, 0.1) is 11.3 Å². The first kappa shape index (κ1) is 23.5. The van der Waals surface area contributed by atoms with Crippen molar-refractivity contribution in [2.24, 2.45) is 0 Å². The van der Waals surface area contributed by atoms with Crippen molar-refractivity contribution < 1.29 is 23.1 Å². The molecule has 7 nitrogen and oxygen atoms in total. The minimum atomic E-state index is -5.08. The second kappa shape index (κ2) is 9.57. The lowest BCUT2D eigenvalue weighted by Gasteiger charge is -2.08. The number of rotatable bonds is 2. The van der Waals surface area contributed by atoms with E-state index >= 15 is 0 Å². The number of benzene rings is 1. The maximum atomic E-state index is 10.6. The number of H-pyrrole nitrogens is 1. The fourth-order valence-electron chi connectivity index (χ4n) is 2.07. The van der Waals surface area contributed by atoms with E-state index in [9.17, 15) is 18.4 Å². The molecule has 0 amide bonds. The van der Waals surface area contributed by atoms with Crippen LogP contribution in [0.3, 0.4) is 0 Å². The summed E-state index contributed by atoms with van der Waals surface area (Å²) in [4.78, 5) is 20.1. The lowest BCUT2D eigenvalue weighted by atomic mass is 10.0. The van der Waals surface area contributed by atoms with Crippen molar-refractivity contribution in [2.45, 2.75) is 13.6 Å². The summed E-state index contributed by atoms with van der Waals surface area (Å²) in [6.45, 7) is 0. The minimum Gasteiger partial charge on any atom is -0.475 e. The van der Waals surface area contributed by atoms with Crippen molar-refractivity contribution in [1.82, 2.24) is 15.0 Å². The van der Waals surface area contributed by atoms with Gasteiger partial charge < -0.3 is 15.8 Å². The number of carbonyl (C=O) groups is 1. The molecule has 0 fully saturated rings. The van der Waals surface area contributed by atoms with Gasteiger partial charge in [0.2, 0.25) is 0 Å². The highest BCUT2D eigenvalue weighted by atomic mass is 35.5. The number of nitrogens with two attached hydrogens (primary N) is 1. The van der Waals surface area contributed by atoms with Crippen LogP contribution >= 0.6 is 11.6 Å². The Morgan fingerprint density at radius 1 is 1.28 bits per heavy atom. The van der Waals surface area contributed by atoms with Gasteiger partial charge >= 0.3 is 12.1 Å². The molecule has 152 valence electrons. The van der Waals surface area contributed by atoms with E-state index in [1.165, 1.54) is 0 Å². The molecule has 0 aliphatic carbocycles. The Bertz CT molecular complexity index is 1010. The predicted octanol–water partition coefficient (Wildman–Crippen LogP) is 4.52. The number of halogens is 4. The summed E-state index contributed by atoms with van der Waals surface area (Å²) in [5, 5.41) is 17.0. The van der Waals surface area contributed by atoms with Crippen LogP contribution in [-0.4, -0.2) is 32.2 Å². The van der Waals surface area contributed by atoms with Crippen LogP contribution < -0.4 is 5.73 Å². The molecule has 0 saturated carbocycles. The number of nitrogens with zero attached hydrogens (tertiary/aromatic N) is 3. The molecule has 11 heteroatoms. The summed E-state index contributed by atoms with van der Waals surface area (Å²) in [5.41, 5.74) is 9.18. The number of anilines is 1. The number of aromatic amines is 1. The van der Waals surface area contributed by atoms with Gasteiger partial charge in [-0.05, 0) is 18.2 Å². The van der Waals surface area contributed by atoms with E-state index < -0.39 is 12.1 Å². The molecule has 0 unspecified atom stereocenters. The van der Waals surface area contributed by atoms with Gasteiger partial charge in [-0.3, -0.25) is 0 Å². The zero-order valence-electron chi connectivity index (χ0n) is 13.8. The predicted molar refractivity (Wildman–Crippen MR) is 102 cm³/mol. The fourth-order valence-corrected chi connectivity index (χ4v) is 2.19. The van der Waals surface area contributed by atoms with E-state index in [4.69, 9.17) is 27.2 Å². The normalized spacial score (nSPS) is 10.2. The summed E-state index contributed by atoms with van der Waals surface area (Å²) in [6, 6.07) is 11.2. The van der Waals surface area contributed by atoms with Gasteiger partial charge in [-0.15, -0.1) is 0 Å². The molecule has 3 aromatic rings. The summed E-state index contributed by atoms with van der Waals surface area (Å²) in [6.07, 6.45) is -1.89. The number of carboxylic acid groups (broad SMARTS) is 1. The third-order valence-corrected chi connectivity index (χ3v) is 3.58. The monoisotopic (exact) mass is 425 g/mol. The Labute approximate surface area is 168 Å². The lowest BCUT2D eigenvalue weighted by Crippen LogP contribution is -2.21. The van der Waals surface area contributed by atoms with Gasteiger partial charge in [0.05, 0.1) is 23.9 Å². The number of nitriles is 1. The number of imidazole rings is 1. The minimum absolute atomic E-state index is 0. The molecular formula is C18H15ClF3N5O2. The Hall–Kier alpha value is -3.58. The van der Waals surface area contributed by atoms with Crippen LogP contribution in [-0.2, 0) is 4.79 Å². The summed E-state index contributed by atoms with van der Waals surface area (Å²) in [7, 11) is 0. The number of aromatic nitrogens is 3. The number of nitrogens with one attached hydrogen (secondary N) is 1. The van der Waals surface area contributed by atoms with Crippen molar-refractivity contribution in [3.63, 3.8) is 0 Å². The average Bonchev–Trinajstić information content (AvgIpc) is 3.16. The second-order valence-electron chi connectivity index (χ2n) is 5.20. The van der Waals surface area contributed by atoms with Crippen LogP contribution in [0.15, 0.2) is 42.9 Å². The van der Waals surface area contributed by atoms with Crippen molar-refractivity contribution in [1.29, 1.82) is 5.26 Å². The Balaban J connectivity index is 0.000000456. The van der Waals surface area contributed by atoms with Crippen molar-refractivity contribution >= 4 is 23.4 Å². The van der Waals surface area contributed by atoms with Gasteiger partial charge in [-0.2, -0.15) is 18.4 Å². The van der Waals surface area contributed by atoms with Crippen LogP contribution in [0.4, 0.5) is 19.0 Å². The molecule has 4 N–H and O–H groups in total.